The van der Waals surface area contributed by atoms with Gasteiger partial charge in [0.15, 0.2) is 5.82 Å². The van der Waals surface area contributed by atoms with E-state index in [1.54, 1.807) is 12.1 Å². The summed E-state index contributed by atoms with van der Waals surface area (Å²) in [5.41, 5.74) is 1.04. The third-order valence-electron chi connectivity index (χ3n) is 1.74. The van der Waals surface area contributed by atoms with Crippen molar-refractivity contribution in [2.45, 2.75) is 0 Å². The number of aromatic nitrogens is 3. The molecule has 0 aliphatic carbocycles. The Morgan fingerprint density at radius 1 is 1.43 bits per heavy atom. The molecule has 0 spiro atoms. The highest BCUT2D eigenvalue weighted by Gasteiger charge is 2.03. The molecule has 70 valence electrons. The molecule has 0 aromatic carbocycles. The molecule has 14 heavy (non-hydrogen) atoms. The van der Waals surface area contributed by atoms with Crippen molar-refractivity contribution >= 4 is 12.2 Å². The predicted octanol–water partition coefficient (Wildman–Crippen LogP) is 2.34. The van der Waals surface area contributed by atoms with Crippen LogP contribution in [-0.2, 0) is 0 Å². The number of pyridine rings is 1. The molecule has 0 aliphatic rings. The molecular formula is C9H6FN3S. The van der Waals surface area contributed by atoms with Gasteiger partial charge in [-0.25, -0.2) is 9.37 Å². The number of hydrogen-bond acceptors (Lipinski definition) is 3. The van der Waals surface area contributed by atoms with Crippen LogP contribution in [0.3, 0.4) is 0 Å². The summed E-state index contributed by atoms with van der Waals surface area (Å²) in [6, 6.07) is 3.18. The van der Waals surface area contributed by atoms with Crippen molar-refractivity contribution in [3.05, 3.63) is 41.3 Å². The average molecular weight is 207 g/mol. The number of aromatic amines is 1. The van der Waals surface area contributed by atoms with Gasteiger partial charge in [-0.3, -0.25) is 4.98 Å². The Hall–Kier alpha value is -1.62. The first kappa shape index (κ1) is 8.96. The van der Waals surface area contributed by atoms with Gasteiger partial charge in [0.25, 0.3) is 0 Å². The molecule has 0 unspecified atom stereocenters. The Bertz CT molecular complexity index is 509. The minimum Gasteiger partial charge on any atom is -0.346 e. The smallest absolute Gasteiger partial charge is 0.150 e. The van der Waals surface area contributed by atoms with Gasteiger partial charge in [0.05, 0.1) is 18.2 Å². The lowest BCUT2D eigenvalue weighted by atomic mass is 10.2. The largest absolute Gasteiger partial charge is 0.346 e. The molecule has 1 N–H and O–H groups in total. The maximum Gasteiger partial charge on any atom is 0.150 e. The lowest BCUT2D eigenvalue weighted by molar-refractivity contribution is 0.624. The van der Waals surface area contributed by atoms with E-state index < -0.39 is 0 Å². The van der Waals surface area contributed by atoms with E-state index in [0.29, 0.717) is 15.9 Å². The molecule has 0 aliphatic heterocycles. The zero-order valence-electron chi connectivity index (χ0n) is 7.07. The molecule has 2 rings (SSSR count). The van der Waals surface area contributed by atoms with E-state index in [0.717, 1.165) is 6.20 Å². The second kappa shape index (κ2) is 3.63. The van der Waals surface area contributed by atoms with E-state index in [1.165, 1.54) is 12.5 Å². The van der Waals surface area contributed by atoms with Crippen molar-refractivity contribution < 1.29 is 4.39 Å². The van der Waals surface area contributed by atoms with E-state index >= 15 is 0 Å². The van der Waals surface area contributed by atoms with Crippen LogP contribution in [0.5, 0.6) is 0 Å². The Balaban J connectivity index is 2.61. The van der Waals surface area contributed by atoms with Gasteiger partial charge in [0.2, 0.25) is 0 Å². The molecule has 2 aromatic heterocycles. The van der Waals surface area contributed by atoms with Crippen molar-refractivity contribution in [3.8, 4) is 11.3 Å². The summed E-state index contributed by atoms with van der Waals surface area (Å²) in [5, 5.41) is 0. The molecule has 3 nitrogen and oxygen atoms in total. The third kappa shape index (κ3) is 1.67. The van der Waals surface area contributed by atoms with Crippen LogP contribution in [0.1, 0.15) is 0 Å². The van der Waals surface area contributed by atoms with E-state index in [-0.39, 0.29) is 5.82 Å². The zero-order chi connectivity index (χ0) is 9.97. The van der Waals surface area contributed by atoms with Gasteiger partial charge in [-0.1, -0.05) is 12.2 Å². The molecule has 0 saturated heterocycles. The van der Waals surface area contributed by atoms with Crippen LogP contribution in [0.15, 0.2) is 30.9 Å². The number of nitrogens with one attached hydrogen (secondary N) is 1. The van der Waals surface area contributed by atoms with Gasteiger partial charge in [-0.05, 0) is 12.1 Å². The molecule has 0 atom stereocenters. The zero-order valence-corrected chi connectivity index (χ0v) is 7.88. The summed E-state index contributed by atoms with van der Waals surface area (Å²) >= 11 is 4.87. The standard InChI is InChI=1S/C9H6FN3S/c10-7-4-11-2-1-6(7)8-3-9(14)13-5-12-8/h1-5H,(H,12,13,14). The molecule has 0 saturated carbocycles. The van der Waals surface area contributed by atoms with Crippen LogP contribution in [0, 0.1) is 10.5 Å². The Morgan fingerprint density at radius 3 is 3.00 bits per heavy atom. The molecule has 2 aromatic rings. The molecule has 0 bridgehead atoms. The monoisotopic (exact) mass is 207 g/mol. The molecular weight excluding hydrogens is 201 g/mol. The topological polar surface area (TPSA) is 41.6 Å². The minimum absolute atomic E-state index is 0.385. The fraction of sp³-hybridized carbons (Fsp3) is 0. The van der Waals surface area contributed by atoms with Crippen LogP contribution in [-0.4, -0.2) is 15.0 Å². The fourth-order valence-electron chi connectivity index (χ4n) is 1.12. The van der Waals surface area contributed by atoms with Gasteiger partial charge < -0.3 is 4.98 Å². The molecule has 0 fully saturated rings. The van der Waals surface area contributed by atoms with Gasteiger partial charge in [-0.2, -0.15) is 0 Å². The Kier molecular flexibility index (Phi) is 2.32. The van der Waals surface area contributed by atoms with Crippen LogP contribution in [0.2, 0.25) is 0 Å². The quantitative estimate of drug-likeness (QED) is 0.730. The lowest BCUT2D eigenvalue weighted by Crippen LogP contribution is -1.89. The highest BCUT2D eigenvalue weighted by Crippen LogP contribution is 2.18. The summed E-state index contributed by atoms with van der Waals surface area (Å²) in [4.78, 5) is 10.3. The summed E-state index contributed by atoms with van der Waals surface area (Å²) in [6.45, 7) is 0. The maximum absolute atomic E-state index is 13.3. The number of halogens is 1. The van der Waals surface area contributed by atoms with Crippen LogP contribution in [0.25, 0.3) is 11.3 Å². The molecule has 5 heteroatoms. The number of hydrogen-bond donors (Lipinski definition) is 1. The number of rotatable bonds is 1. The van der Waals surface area contributed by atoms with E-state index in [4.69, 9.17) is 12.2 Å². The Morgan fingerprint density at radius 2 is 2.29 bits per heavy atom. The lowest BCUT2D eigenvalue weighted by Gasteiger charge is -2.01. The number of H-pyrrole nitrogens is 1. The van der Waals surface area contributed by atoms with Crippen LogP contribution < -0.4 is 0 Å². The van der Waals surface area contributed by atoms with Gasteiger partial charge in [0.1, 0.15) is 4.64 Å². The average Bonchev–Trinajstić information content (AvgIpc) is 2.18. The summed E-state index contributed by atoms with van der Waals surface area (Å²) in [5.74, 6) is -0.385. The first-order valence-corrected chi connectivity index (χ1v) is 4.33. The SMILES string of the molecule is Fc1cnccc1-c1cc(=S)nc[nH]1. The van der Waals surface area contributed by atoms with Gasteiger partial charge in [0, 0.05) is 11.8 Å². The maximum atomic E-state index is 13.3. The van der Waals surface area contributed by atoms with E-state index in [9.17, 15) is 4.39 Å². The van der Waals surface area contributed by atoms with Crippen molar-refractivity contribution in [2.24, 2.45) is 0 Å². The molecule has 0 radical (unpaired) electrons. The third-order valence-corrected chi connectivity index (χ3v) is 1.97. The molecule has 0 amide bonds. The first-order valence-electron chi connectivity index (χ1n) is 3.92. The first-order chi connectivity index (χ1) is 6.77. The number of nitrogens with zero attached hydrogens (tertiary/aromatic N) is 2. The highest BCUT2D eigenvalue weighted by molar-refractivity contribution is 7.71. The van der Waals surface area contributed by atoms with Gasteiger partial charge in [-0.15, -0.1) is 0 Å². The minimum atomic E-state index is -0.385. The fourth-order valence-corrected chi connectivity index (χ4v) is 1.29. The summed E-state index contributed by atoms with van der Waals surface area (Å²) in [7, 11) is 0. The molecule has 2 heterocycles. The van der Waals surface area contributed by atoms with E-state index in [1.807, 2.05) is 0 Å². The predicted molar refractivity (Wildman–Crippen MR) is 52.6 cm³/mol. The van der Waals surface area contributed by atoms with Gasteiger partial charge >= 0.3 is 0 Å². The van der Waals surface area contributed by atoms with Crippen LogP contribution >= 0.6 is 12.2 Å². The van der Waals surface area contributed by atoms with Crippen molar-refractivity contribution in [3.63, 3.8) is 0 Å². The van der Waals surface area contributed by atoms with Crippen LogP contribution in [0.4, 0.5) is 4.39 Å². The second-order valence-corrected chi connectivity index (χ2v) is 3.07. The second-order valence-electron chi connectivity index (χ2n) is 2.65. The van der Waals surface area contributed by atoms with Crippen molar-refractivity contribution in [1.29, 1.82) is 0 Å². The van der Waals surface area contributed by atoms with Crippen molar-refractivity contribution in [2.75, 3.05) is 0 Å². The van der Waals surface area contributed by atoms with E-state index in [2.05, 4.69) is 15.0 Å². The van der Waals surface area contributed by atoms with Crippen molar-refractivity contribution in [1.82, 2.24) is 15.0 Å². The Labute approximate surface area is 84.7 Å². The normalized spacial score (nSPS) is 10.1. The summed E-state index contributed by atoms with van der Waals surface area (Å²) in [6.07, 6.45) is 4.12. The summed E-state index contributed by atoms with van der Waals surface area (Å²) < 4.78 is 13.7. The highest BCUT2D eigenvalue weighted by atomic mass is 32.1.